The van der Waals surface area contributed by atoms with Gasteiger partial charge in [0.15, 0.2) is 0 Å². The summed E-state index contributed by atoms with van der Waals surface area (Å²) in [5, 5.41) is 0.488. The Morgan fingerprint density at radius 1 is 0.795 bits per heavy atom. The molecule has 0 aromatic heterocycles. The van der Waals surface area contributed by atoms with E-state index in [4.69, 9.17) is 16.3 Å². The van der Waals surface area contributed by atoms with Crippen LogP contribution in [0, 0.1) is 0 Å². The number of methoxy groups -OCH3 is 1. The third-order valence-corrected chi connectivity index (χ3v) is 8.68. The van der Waals surface area contributed by atoms with E-state index in [1.165, 1.54) is 56.1 Å². The first-order valence-electron chi connectivity index (χ1n) is 13.8. The molecule has 0 aliphatic heterocycles. The number of sulfonamides is 1. The molecule has 0 amide bonds. The average molecular weight is 570 g/mol. The van der Waals surface area contributed by atoms with Crippen LogP contribution in [-0.4, -0.2) is 21.5 Å². The topological polar surface area (TPSA) is 72.5 Å². The minimum atomic E-state index is -3.75. The normalized spacial score (nSPS) is 12.3. The summed E-state index contributed by atoms with van der Waals surface area (Å²) >= 11 is 5.97. The van der Waals surface area contributed by atoms with Gasteiger partial charge >= 0.3 is 5.97 Å². The molecule has 0 aliphatic rings. The van der Waals surface area contributed by atoms with Crippen LogP contribution in [-0.2, 0) is 38.8 Å². The maximum Gasteiger partial charge on any atom is 0.305 e. The van der Waals surface area contributed by atoms with Gasteiger partial charge in [0.25, 0.3) is 0 Å². The number of carbonyl (C=O) groups is 1. The highest BCUT2D eigenvalue weighted by Crippen LogP contribution is 2.24. The number of ether oxygens (including phenoxy) is 1. The summed E-state index contributed by atoms with van der Waals surface area (Å²) in [6, 6.07) is 22.5. The fourth-order valence-electron chi connectivity index (χ4n) is 4.56. The molecule has 3 aromatic rings. The zero-order valence-corrected chi connectivity index (χ0v) is 24.6. The average Bonchev–Trinajstić information content (AvgIpc) is 2.94. The number of nitrogens with one attached hydrogen (secondary N) is 1. The van der Waals surface area contributed by atoms with E-state index in [0.717, 1.165) is 30.4 Å². The number of carbonyl (C=O) groups excluding carboxylic acids is 1. The van der Waals surface area contributed by atoms with Crippen molar-refractivity contribution in [3.63, 3.8) is 0 Å². The van der Waals surface area contributed by atoms with E-state index in [1.807, 2.05) is 24.3 Å². The van der Waals surface area contributed by atoms with Gasteiger partial charge in [-0.1, -0.05) is 86.3 Å². The molecule has 0 radical (unpaired) electrons. The smallest absolute Gasteiger partial charge is 0.305 e. The van der Waals surface area contributed by atoms with Crippen molar-refractivity contribution in [2.45, 2.75) is 82.1 Å². The molecular weight excluding hydrogens is 530 g/mol. The minimum absolute atomic E-state index is 0.184. The van der Waals surface area contributed by atoms with Gasteiger partial charge in [-0.2, -0.15) is 0 Å². The largest absolute Gasteiger partial charge is 0.469 e. The Bertz CT molecular complexity index is 1260. The van der Waals surface area contributed by atoms with Crippen LogP contribution in [0.1, 0.15) is 80.2 Å². The molecule has 1 unspecified atom stereocenters. The highest BCUT2D eigenvalue weighted by Gasteiger charge is 2.22. The maximum absolute atomic E-state index is 13.2. The van der Waals surface area contributed by atoms with E-state index in [2.05, 4.69) is 35.9 Å². The van der Waals surface area contributed by atoms with Gasteiger partial charge in [-0.3, -0.25) is 4.79 Å². The molecule has 3 rings (SSSR count). The van der Waals surface area contributed by atoms with Crippen LogP contribution in [0.5, 0.6) is 0 Å². The third kappa shape index (κ3) is 10.4. The van der Waals surface area contributed by atoms with Crippen LogP contribution in [0.2, 0.25) is 5.02 Å². The van der Waals surface area contributed by atoms with E-state index < -0.39 is 16.1 Å². The number of unbranched alkanes of at least 4 members (excludes halogenated alkanes) is 3. The molecule has 7 heteroatoms. The summed E-state index contributed by atoms with van der Waals surface area (Å²) in [5.41, 5.74) is 4.52. The maximum atomic E-state index is 13.2. The summed E-state index contributed by atoms with van der Waals surface area (Å²) < 4.78 is 34.1. The Balaban J connectivity index is 1.71. The molecule has 0 saturated carbocycles. The lowest BCUT2D eigenvalue weighted by molar-refractivity contribution is -0.140. The number of halogens is 1. The Hall–Kier alpha value is -2.67. The zero-order chi connectivity index (χ0) is 28.1. The zero-order valence-electron chi connectivity index (χ0n) is 23.0. The van der Waals surface area contributed by atoms with Gasteiger partial charge in [-0.25, -0.2) is 13.1 Å². The Morgan fingerprint density at radius 2 is 1.36 bits per heavy atom. The van der Waals surface area contributed by atoms with E-state index in [-0.39, 0.29) is 10.9 Å². The van der Waals surface area contributed by atoms with E-state index >= 15 is 0 Å². The molecule has 1 N–H and O–H groups in total. The predicted molar refractivity (Wildman–Crippen MR) is 159 cm³/mol. The van der Waals surface area contributed by atoms with Crippen molar-refractivity contribution in [3.8, 4) is 0 Å². The molecule has 0 aliphatic carbocycles. The van der Waals surface area contributed by atoms with Crippen molar-refractivity contribution < 1.29 is 17.9 Å². The number of hydrogen-bond acceptors (Lipinski definition) is 4. The quantitative estimate of drug-likeness (QED) is 0.142. The number of aryl methyl sites for hydroxylation is 3. The lowest BCUT2D eigenvalue weighted by Gasteiger charge is -2.20. The second-order valence-electron chi connectivity index (χ2n) is 9.96. The first-order chi connectivity index (χ1) is 18.8. The van der Waals surface area contributed by atoms with Gasteiger partial charge in [-0.05, 0) is 85.0 Å². The van der Waals surface area contributed by atoms with Crippen LogP contribution in [0.15, 0.2) is 77.7 Å². The molecule has 0 spiro atoms. The Kier molecular flexibility index (Phi) is 12.5. The molecule has 0 bridgehead atoms. The van der Waals surface area contributed by atoms with Crippen LogP contribution in [0.25, 0.3) is 0 Å². The highest BCUT2D eigenvalue weighted by atomic mass is 35.5. The fourth-order valence-corrected chi connectivity index (χ4v) is 5.94. The molecule has 5 nitrogen and oxygen atoms in total. The van der Waals surface area contributed by atoms with Gasteiger partial charge in [-0.15, -0.1) is 0 Å². The molecular formula is C32H40ClNO4S. The second kappa shape index (κ2) is 15.8. The number of hydrogen-bond donors (Lipinski definition) is 1. The van der Waals surface area contributed by atoms with Gasteiger partial charge in [0.05, 0.1) is 12.0 Å². The lowest BCUT2D eigenvalue weighted by Crippen LogP contribution is -2.29. The first-order valence-corrected chi connectivity index (χ1v) is 15.7. The molecule has 0 saturated heterocycles. The van der Waals surface area contributed by atoms with Crippen LogP contribution in [0.3, 0.4) is 0 Å². The number of esters is 1. The third-order valence-electron chi connectivity index (χ3n) is 6.94. The summed E-state index contributed by atoms with van der Waals surface area (Å²) in [4.78, 5) is 11.6. The minimum Gasteiger partial charge on any atom is -0.469 e. The van der Waals surface area contributed by atoms with Crippen molar-refractivity contribution in [2.75, 3.05) is 7.11 Å². The van der Waals surface area contributed by atoms with Gasteiger partial charge in [0.2, 0.25) is 10.0 Å². The lowest BCUT2D eigenvalue weighted by atomic mass is 9.97. The van der Waals surface area contributed by atoms with Gasteiger partial charge in [0, 0.05) is 17.5 Å². The number of benzene rings is 3. The molecule has 210 valence electrons. The second-order valence-corrected chi connectivity index (χ2v) is 12.1. The summed E-state index contributed by atoms with van der Waals surface area (Å²) in [5.74, 6) is -0.215. The van der Waals surface area contributed by atoms with Gasteiger partial charge < -0.3 is 4.74 Å². The van der Waals surface area contributed by atoms with Gasteiger partial charge in [0.1, 0.15) is 0 Å². The van der Waals surface area contributed by atoms with E-state index in [1.54, 1.807) is 12.1 Å². The Morgan fingerprint density at radius 3 is 1.95 bits per heavy atom. The highest BCUT2D eigenvalue weighted by molar-refractivity contribution is 7.89. The summed E-state index contributed by atoms with van der Waals surface area (Å²) in [6.45, 7) is 2.22. The van der Waals surface area contributed by atoms with E-state index in [9.17, 15) is 13.2 Å². The van der Waals surface area contributed by atoms with Crippen molar-refractivity contribution in [3.05, 3.63) is 100 Å². The summed E-state index contributed by atoms with van der Waals surface area (Å²) in [6.07, 6.45) is 9.26. The predicted octanol–water partition coefficient (Wildman–Crippen LogP) is 7.61. The molecule has 1 atom stereocenters. The standard InChI is InChI=1S/C32H40ClNO4S/c1-3-4-5-6-8-25-11-13-27(14-12-25)17-24-31(34-39(36,37)30-22-20-29(33)21-23-30)28-18-15-26(16-19-28)9-7-10-32(35)38-2/h11-16,18-23,31,34H,3-10,17,24H2,1-2H3. The van der Waals surface area contributed by atoms with Crippen molar-refractivity contribution in [1.29, 1.82) is 0 Å². The van der Waals surface area contributed by atoms with Crippen LogP contribution >= 0.6 is 11.6 Å². The SMILES string of the molecule is CCCCCCc1ccc(CCC(NS(=O)(=O)c2ccc(Cl)cc2)c2ccc(CCCC(=O)OC)cc2)cc1. The fraction of sp³-hybridized carbons (Fsp3) is 0.406. The van der Waals surface area contributed by atoms with E-state index in [0.29, 0.717) is 24.3 Å². The monoisotopic (exact) mass is 569 g/mol. The molecule has 0 fully saturated rings. The number of rotatable bonds is 16. The Labute approximate surface area is 239 Å². The molecule has 3 aromatic carbocycles. The van der Waals surface area contributed by atoms with Crippen molar-refractivity contribution in [2.24, 2.45) is 0 Å². The molecule has 39 heavy (non-hydrogen) atoms. The molecule has 0 heterocycles. The first kappa shape index (κ1) is 30.9. The van der Waals surface area contributed by atoms with Crippen LogP contribution in [0.4, 0.5) is 0 Å². The summed E-state index contributed by atoms with van der Waals surface area (Å²) in [7, 11) is -2.35. The van der Waals surface area contributed by atoms with Crippen LogP contribution < -0.4 is 4.72 Å². The van der Waals surface area contributed by atoms with Crippen molar-refractivity contribution in [1.82, 2.24) is 4.72 Å². The van der Waals surface area contributed by atoms with Crippen molar-refractivity contribution >= 4 is 27.6 Å².